The first-order valence-corrected chi connectivity index (χ1v) is 12.3. The molecule has 5 heteroatoms. The van der Waals surface area contributed by atoms with Crippen LogP contribution in [0.15, 0.2) is 59.0 Å². The number of Topliss-reactive ketones (excluding diaryl/α,β-unsaturated/α-hetero) is 1. The van der Waals surface area contributed by atoms with Crippen LogP contribution in [0.3, 0.4) is 0 Å². The molecule has 1 aromatic carbocycles. The first-order valence-electron chi connectivity index (χ1n) is 12.3. The number of hydrogen-bond donors (Lipinski definition) is 1. The highest BCUT2D eigenvalue weighted by Gasteiger charge is 2.40. The van der Waals surface area contributed by atoms with E-state index in [-0.39, 0.29) is 23.5 Å². The van der Waals surface area contributed by atoms with Crippen LogP contribution >= 0.6 is 0 Å². The molecule has 0 radical (unpaired) electrons. The standard InChI is InChI=1S/C24H29NO3.C3H8O.C2H6/c1-5-6-9-15(2)23-19(14-26)16(3)25-20-12-17(13-21(27)24(20)23)18-10-7-8-11-22(18)28-4;1-3-4-2;1-2/h5-8,10-11,14-15,17,23,25H,9,12-13H2,1-4H3;3H2,1-2H3;1-2H3/b6-5-;;. The van der Waals surface area contributed by atoms with Crippen LogP contribution in [0, 0.1) is 11.8 Å². The topological polar surface area (TPSA) is 64.6 Å². The van der Waals surface area contributed by atoms with Crippen LogP contribution < -0.4 is 10.1 Å². The molecule has 34 heavy (non-hydrogen) atoms. The first kappa shape index (κ1) is 29.4. The van der Waals surface area contributed by atoms with Crippen molar-refractivity contribution >= 4 is 12.1 Å². The zero-order valence-electron chi connectivity index (χ0n) is 22.2. The molecule has 2 aliphatic rings. The largest absolute Gasteiger partial charge is 0.496 e. The summed E-state index contributed by atoms with van der Waals surface area (Å²) in [6.07, 6.45) is 7.07. The summed E-state index contributed by atoms with van der Waals surface area (Å²) in [5, 5.41) is 3.38. The predicted octanol–water partition coefficient (Wildman–Crippen LogP) is 6.37. The molecule has 1 heterocycles. The number of carbonyl (C=O) groups is 2. The van der Waals surface area contributed by atoms with Crippen molar-refractivity contribution in [3.05, 3.63) is 64.5 Å². The molecule has 3 rings (SSSR count). The van der Waals surface area contributed by atoms with E-state index in [1.807, 2.05) is 65.0 Å². The fourth-order valence-corrected chi connectivity index (χ4v) is 4.56. The van der Waals surface area contributed by atoms with Gasteiger partial charge in [0.1, 0.15) is 12.0 Å². The Morgan fingerprint density at radius 2 is 1.82 bits per heavy atom. The lowest BCUT2D eigenvalue weighted by atomic mass is 9.69. The van der Waals surface area contributed by atoms with Crippen molar-refractivity contribution in [1.29, 1.82) is 0 Å². The minimum Gasteiger partial charge on any atom is -0.496 e. The Morgan fingerprint density at radius 3 is 2.38 bits per heavy atom. The number of para-hydroxylation sites is 1. The normalized spacial score (nSPS) is 20.4. The molecule has 3 unspecified atom stereocenters. The van der Waals surface area contributed by atoms with Gasteiger partial charge in [0.05, 0.1) is 7.11 Å². The van der Waals surface area contributed by atoms with Gasteiger partial charge < -0.3 is 14.8 Å². The summed E-state index contributed by atoms with van der Waals surface area (Å²) in [7, 11) is 3.34. The number of benzene rings is 1. The molecule has 0 bridgehead atoms. The molecule has 0 amide bonds. The molecule has 1 aliphatic carbocycles. The van der Waals surface area contributed by atoms with Crippen molar-refractivity contribution in [1.82, 2.24) is 5.32 Å². The molecule has 0 saturated carbocycles. The molecule has 1 N–H and O–H groups in total. The summed E-state index contributed by atoms with van der Waals surface area (Å²) in [5.41, 5.74) is 4.40. The van der Waals surface area contributed by atoms with Gasteiger partial charge in [-0.15, -0.1) is 0 Å². The molecular weight excluding hydrogens is 426 g/mol. The second kappa shape index (κ2) is 15.3. The van der Waals surface area contributed by atoms with Gasteiger partial charge in [0.15, 0.2) is 5.78 Å². The zero-order valence-corrected chi connectivity index (χ0v) is 22.2. The minimum absolute atomic E-state index is 0.0759. The van der Waals surface area contributed by atoms with Crippen LogP contribution in [0.5, 0.6) is 5.75 Å². The van der Waals surface area contributed by atoms with Crippen LogP contribution in [-0.4, -0.2) is 32.9 Å². The van der Waals surface area contributed by atoms with E-state index in [1.54, 1.807) is 14.2 Å². The van der Waals surface area contributed by atoms with Crippen molar-refractivity contribution in [3.63, 3.8) is 0 Å². The predicted molar refractivity (Wildman–Crippen MR) is 140 cm³/mol. The molecule has 0 spiro atoms. The van der Waals surface area contributed by atoms with E-state index in [0.717, 1.165) is 54.0 Å². The number of rotatable bonds is 7. The van der Waals surface area contributed by atoms with Gasteiger partial charge in [-0.2, -0.15) is 0 Å². The van der Waals surface area contributed by atoms with E-state index >= 15 is 0 Å². The number of allylic oxidation sites excluding steroid dienone is 6. The molecule has 1 aromatic rings. The van der Waals surface area contributed by atoms with Crippen LogP contribution in [0.2, 0.25) is 0 Å². The number of nitrogens with one attached hydrogen (secondary N) is 1. The molecule has 1 aliphatic heterocycles. The third-order valence-electron chi connectivity index (χ3n) is 6.23. The Bertz CT molecular complexity index is 895. The highest BCUT2D eigenvalue weighted by molar-refractivity contribution is 6.00. The first-order chi connectivity index (χ1) is 16.4. The third kappa shape index (κ3) is 7.17. The number of hydrogen-bond acceptors (Lipinski definition) is 5. The third-order valence-corrected chi connectivity index (χ3v) is 6.23. The number of dihydropyridines is 1. The Morgan fingerprint density at radius 1 is 1.18 bits per heavy atom. The Hall–Kier alpha value is -2.66. The molecule has 0 fully saturated rings. The van der Waals surface area contributed by atoms with E-state index in [4.69, 9.17) is 4.74 Å². The van der Waals surface area contributed by atoms with Gasteiger partial charge in [-0.05, 0) is 51.2 Å². The maximum atomic E-state index is 13.3. The molecule has 0 saturated heterocycles. The molecule has 0 aromatic heterocycles. The monoisotopic (exact) mass is 469 g/mol. The number of carbonyl (C=O) groups excluding carboxylic acids is 2. The van der Waals surface area contributed by atoms with Crippen LogP contribution in [0.4, 0.5) is 0 Å². The smallest absolute Gasteiger partial charge is 0.161 e. The summed E-state index contributed by atoms with van der Waals surface area (Å²) in [4.78, 5) is 25.1. The lowest BCUT2D eigenvalue weighted by molar-refractivity contribution is -0.117. The van der Waals surface area contributed by atoms with Crippen molar-refractivity contribution in [2.24, 2.45) is 11.8 Å². The molecular formula is C29H43NO4. The van der Waals surface area contributed by atoms with Crippen molar-refractivity contribution < 1.29 is 19.1 Å². The van der Waals surface area contributed by atoms with Crippen molar-refractivity contribution in [2.45, 2.75) is 66.7 Å². The van der Waals surface area contributed by atoms with E-state index in [2.05, 4.69) is 23.1 Å². The van der Waals surface area contributed by atoms with E-state index in [1.165, 1.54) is 0 Å². The van der Waals surface area contributed by atoms with Gasteiger partial charge in [-0.25, -0.2) is 0 Å². The van der Waals surface area contributed by atoms with Gasteiger partial charge in [0.25, 0.3) is 0 Å². The maximum Gasteiger partial charge on any atom is 0.161 e. The lowest BCUT2D eigenvalue weighted by Crippen LogP contribution is -2.37. The van der Waals surface area contributed by atoms with Crippen molar-refractivity contribution in [3.8, 4) is 5.75 Å². The zero-order chi connectivity index (χ0) is 25.7. The van der Waals surface area contributed by atoms with Crippen molar-refractivity contribution in [2.75, 3.05) is 20.8 Å². The fraction of sp³-hybridized carbons (Fsp3) is 0.517. The second-order valence-electron chi connectivity index (χ2n) is 8.32. The average Bonchev–Trinajstić information content (AvgIpc) is 2.87. The van der Waals surface area contributed by atoms with Gasteiger partial charge in [0, 0.05) is 54.5 Å². The average molecular weight is 470 g/mol. The highest BCUT2D eigenvalue weighted by Crippen LogP contribution is 2.45. The maximum absolute atomic E-state index is 13.3. The van der Waals surface area contributed by atoms with Gasteiger partial charge in [-0.3, -0.25) is 9.59 Å². The van der Waals surface area contributed by atoms with E-state index < -0.39 is 0 Å². The Kier molecular flexibility index (Phi) is 13.2. The summed E-state index contributed by atoms with van der Waals surface area (Å²) in [6, 6.07) is 7.91. The second-order valence-corrected chi connectivity index (χ2v) is 8.32. The lowest BCUT2D eigenvalue weighted by Gasteiger charge is -2.38. The summed E-state index contributed by atoms with van der Waals surface area (Å²) >= 11 is 0. The van der Waals surface area contributed by atoms with Gasteiger partial charge >= 0.3 is 0 Å². The van der Waals surface area contributed by atoms with Gasteiger partial charge in [0.2, 0.25) is 0 Å². The van der Waals surface area contributed by atoms with E-state index in [9.17, 15) is 9.59 Å². The molecule has 188 valence electrons. The number of aldehydes is 1. The Balaban J connectivity index is 0.000000872. The van der Waals surface area contributed by atoms with Gasteiger partial charge in [-0.1, -0.05) is 51.1 Å². The quantitative estimate of drug-likeness (QED) is 0.371. The number of ketones is 1. The number of ether oxygens (including phenoxy) is 2. The molecule has 3 atom stereocenters. The summed E-state index contributed by atoms with van der Waals surface area (Å²) in [5.74, 6) is 1.07. The number of methoxy groups -OCH3 is 2. The Labute approximate surface area is 206 Å². The highest BCUT2D eigenvalue weighted by atomic mass is 16.5. The SMILES string of the molecule is C/C=C\CC(C)C1C(C=O)=C(C)NC2=C1C(=O)CC(c1ccccc1OC)C2.CC.CCOC. The summed E-state index contributed by atoms with van der Waals surface area (Å²) < 4.78 is 10.1. The molecule has 5 nitrogen and oxygen atoms in total. The van der Waals surface area contributed by atoms with Crippen LogP contribution in [-0.2, 0) is 14.3 Å². The summed E-state index contributed by atoms with van der Waals surface area (Å²) in [6.45, 7) is 12.8. The van der Waals surface area contributed by atoms with E-state index in [0.29, 0.717) is 12.0 Å². The van der Waals surface area contributed by atoms with Crippen LogP contribution in [0.1, 0.15) is 72.3 Å². The minimum atomic E-state index is -0.143. The van der Waals surface area contributed by atoms with Crippen LogP contribution in [0.25, 0.3) is 0 Å². The fourth-order valence-electron chi connectivity index (χ4n) is 4.56.